The van der Waals surface area contributed by atoms with Gasteiger partial charge in [0.05, 0.1) is 32.0 Å². The highest BCUT2D eigenvalue weighted by Crippen LogP contribution is 2.72. The summed E-state index contributed by atoms with van der Waals surface area (Å²) in [7, 11) is 6.81. The van der Waals surface area contributed by atoms with Crippen LogP contribution in [0.1, 0.15) is 36.5 Å². The number of ether oxygens (including phenoxy) is 4. The molecule has 148 valence electrons. The highest BCUT2D eigenvalue weighted by Gasteiger charge is 2.81. The number of likely N-dealkylation sites (N-methyl/N-ethyl adjacent to an activating group) is 1. The zero-order valence-electron chi connectivity index (χ0n) is 16.2. The third-order valence-corrected chi connectivity index (χ3v) is 7.66. The van der Waals surface area contributed by atoms with Crippen LogP contribution in [-0.2, 0) is 14.9 Å². The molecule has 2 aliphatic carbocycles. The largest absolute Gasteiger partial charge is 0.493 e. The van der Waals surface area contributed by atoms with Crippen molar-refractivity contribution < 1.29 is 29.2 Å². The van der Waals surface area contributed by atoms with Crippen LogP contribution in [0.25, 0.3) is 0 Å². The van der Waals surface area contributed by atoms with Crippen molar-refractivity contribution in [2.24, 2.45) is 0 Å². The summed E-state index contributed by atoms with van der Waals surface area (Å²) in [6, 6.07) is 3.90. The van der Waals surface area contributed by atoms with Crippen LogP contribution in [0.2, 0.25) is 0 Å². The van der Waals surface area contributed by atoms with Crippen molar-refractivity contribution in [1.82, 2.24) is 4.90 Å². The van der Waals surface area contributed by atoms with Gasteiger partial charge in [-0.2, -0.15) is 0 Å². The third kappa shape index (κ3) is 1.68. The Kier molecular flexibility index (Phi) is 3.51. The monoisotopic (exact) mass is 377 g/mol. The van der Waals surface area contributed by atoms with Crippen LogP contribution in [0.15, 0.2) is 12.1 Å². The van der Waals surface area contributed by atoms with E-state index in [0.29, 0.717) is 24.3 Å². The predicted octanol–water partition coefficient (Wildman–Crippen LogP) is 0.959. The smallest absolute Gasteiger partial charge is 0.215 e. The van der Waals surface area contributed by atoms with Gasteiger partial charge in [0.1, 0.15) is 6.10 Å². The summed E-state index contributed by atoms with van der Waals surface area (Å²) in [6.07, 6.45) is -0.00816. The molecular formula is C20H27NO6. The SMILES string of the molecule is COc1ccc2c(c1OC)C13CCN(C)C14CC2OC4(O)C(OC)C(O)C3. The number of methoxy groups -OCH3 is 3. The minimum atomic E-state index is -1.60. The molecule has 2 saturated heterocycles. The molecule has 7 nitrogen and oxygen atoms in total. The van der Waals surface area contributed by atoms with Crippen molar-refractivity contribution in [3.05, 3.63) is 23.3 Å². The summed E-state index contributed by atoms with van der Waals surface area (Å²) in [6.45, 7) is 0.793. The van der Waals surface area contributed by atoms with E-state index in [1.54, 1.807) is 14.2 Å². The summed E-state index contributed by atoms with van der Waals surface area (Å²) in [5.41, 5.74) is 0.831. The molecule has 2 heterocycles. The van der Waals surface area contributed by atoms with Crippen LogP contribution in [0.4, 0.5) is 0 Å². The number of aliphatic hydroxyl groups is 2. The average Bonchev–Trinajstić information content (AvgIpc) is 3.12. The first-order valence-corrected chi connectivity index (χ1v) is 9.48. The number of hydrogen-bond donors (Lipinski definition) is 2. The first kappa shape index (κ1) is 17.7. The van der Waals surface area contributed by atoms with E-state index in [-0.39, 0.29) is 6.10 Å². The molecule has 27 heavy (non-hydrogen) atoms. The number of aliphatic hydroxyl groups excluding tert-OH is 1. The Morgan fingerprint density at radius 2 is 1.96 bits per heavy atom. The van der Waals surface area contributed by atoms with Crippen molar-refractivity contribution in [3.63, 3.8) is 0 Å². The standard InChI is InChI=1S/C20H27NO6/c1-21-8-7-18-9-12(22)17(26-4)20(23)19(18,21)10-14(27-20)11-5-6-13(24-2)16(25-3)15(11)18/h5-6,12,14,17,22-23H,7-10H2,1-4H3. The molecule has 1 aromatic rings. The second kappa shape index (κ2) is 5.36. The van der Waals surface area contributed by atoms with Crippen LogP contribution in [0.5, 0.6) is 11.5 Å². The minimum Gasteiger partial charge on any atom is -0.493 e. The van der Waals surface area contributed by atoms with Gasteiger partial charge in [-0.05, 0) is 38.1 Å². The maximum atomic E-state index is 11.9. The summed E-state index contributed by atoms with van der Waals surface area (Å²) >= 11 is 0. The van der Waals surface area contributed by atoms with Gasteiger partial charge >= 0.3 is 0 Å². The molecule has 1 spiro atoms. The van der Waals surface area contributed by atoms with Gasteiger partial charge in [0.2, 0.25) is 5.79 Å². The fourth-order valence-electron chi connectivity index (χ4n) is 6.79. The molecule has 2 bridgehead atoms. The van der Waals surface area contributed by atoms with Gasteiger partial charge < -0.3 is 29.2 Å². The highest BCUT2D eigenvalue weighted by atomic mass is 16.7. The van der Waals surface area contributed by atoms with Gasteiger partial charge in [0, 0.05) is 24.5 Å². The van der Waals surface area contributed by atoms with Gasteiger partial charge in [0.15, 0.2) is 11.5 Å². The zero-order valence-corrected chi connectivity index (χ0v) is 16.2. The van der Waals surface area contributed by atoms with Crippen molar-refractivity contribution in [2.45, 2.75) is 54.3 Å². The van der Waals surface area contributed by atoms with E-state index in [9.17, 15) is 10.2 Å². The molecule has 6 unspecified atom stereocenters. The number of likely N-dealkylation sites (tertiary alicyclic amines) is 1. The molecule has 2 aliphatic heterocycles. The average molecular weight is 377 g/mol. The Balaban J connectivity index is 1.87. The Labute approximate surface area is 158 Å². The second-order valence-electron chi connectivity index (χ2n) is 8.31. The van der Waals surface area contributed by atoms with E-state index in [2.05, 4.69) is 4.90 Å². The molecule has 6 atom stereocenters. The van der Waals surface area contributed by atoms with Crippen LogP contribution in [0.3, 0.4) is 0 Å². The van der Waals surface area contributed by atoms with E-state index in [4.69, 9.17) is 18.9 Å². The molecule has 5 rings (SSSR count). The van der Waals surface area contributed by atoms with Gasteiger partial charge in [-0.3, -0.25) is 4.90 Å². The van der Waals surface area contributed by atoms with E-state index in [1.807, 2.05) is 19.2 Å². The lowest BCUT2D eigenvalue weighted by Gasteiger charge is -2.60. The maximum absolute atomic E-state index is 11.9. The van der Waals surface area contributed by atoms with Gasteiger partial charge in [0.25, 0.3) is 0 Å². The van der Waals surface area contributed by atoms with Crippen molar-refractivity contribution in [3.8, 4) is 11.5 Å². The summed E-state index contributed by atoms with van der Waals surface area (Å²) in [5.74, 6) is -0.272. The van der Waals surface area contributed by atoms with Crippen molar-refractivity contribution in [1.29, 1.82) is 0 Å². The van der Waals surface area contributed by atoms with E-state index >= 15 is 0 Å². The molecule has 4 aliphatic rings. The topological polar surface area (TPSA) is 80.6 Å². The van der Waals surface area contributed by atoms with Crippen molar-refractivity contribution in [2.75, 3.05) is 34.9 Å². The fraction of sp³-hybridized carbons (Fsp3) is 0.700. The number of hydrogen-bond acceptors (Lipinski definition) is 7. The Morgan fingerprint density at radius 3 is 2.63 bits per heavy atom. The molecule has 3 fully saturated rings. The molecular weight excluding hydrogens is 350 g/mol. The fourth-order valence-corrected chi connectivity index (χ4v) is 6.79. The lowest BCUT2D eigenvalue weighted by molar-refractivity contribution is -0.328. The molecule has 0 aromatic heterocycles. The summed E-state index contributed by atoms with van der Waals surface area (Å²) in [4.78, 5) is 2.20. The lowest BCUT2D eigenvalue weighted by atomic mass is 9.50. The second-order valence-corrected chi connectivity index (χ2v) is 8.31. The Morgan fingerprint density at radius 1 is 1.19 bits per heavy atom. The van der Waals surface area contributed by atoms with Gasteiger partial charge in [-0.1, -0.05) is 6.07 Å². The molecule has 1 aromatic carbocycles. The first-order chi connectivity index (χ1) is 12.9. The molecule has 1 saturated carbocycles. The predicted molar refractivity (Wildman–Crippen MR) is 96.0 cm³/mol. The quantitative estimate of drug-likeness (QED) is 0.812. The van der Waals surface area contributed by atoms with Crippen molar-refractivity contribution >= 4 is 0 Å². The highest BCUT2D eigenvalue weighted by molar-refractivity contribution is 5.61. The van der Waals surface area contributed by atoms with Crippen LogP contribution < -0.4 is 9.47 Å². The zero-order chi connectivity index (χ0) is 19.2. The van der Waals surface area contributed by atoms with E-state index < -0.39 is 28.9 Å². The number of fused-ring (bicyclic) bond motifs is 3. The van der Waals surface area contributed by atoms with Crippen LogP contribution in [0, 0.1) is 0 Å². The normalized spacial score (nSPS) is 44.7. The first-order valence-electron chi connectivity index (χ1n) is 9.48. The van der Waals surface area contributed by atoms with E-state index in [1.165, 1.54) is 7.11 Å². The third-order valence-electron chi connectivity index (χ3n) is 7.66. The summed E-state index contributed by atoms with van der Waals surface area (Å²) in [5, 5.41) is 22.9. The Hall–Kier alpha value is -1.38. The molecule has 0 radical (unpaired) electrons. The maximum Gasteiger partial charge on any atom is 0.215 e. The molecule has 0 amide bonds. The van der Waals surface area contributed by atoms with Crippen LogP contribution >= 0.6 is 0 Å². The number of benzene rings is 1. The van der Waals surface area contributed by atoms with Gasteiger partial charge in [-0.25, -0.2) is 0 Å². The number of rotatable bonds is 3. The van der Waals surface area contributed by atoms with Crippen LogP contribution in [-0.4, -0.2) is 73.6 Å². The van der Waals surface area contributed by atoms with E-state index in [0.717, 1.165) is 24.1 Å². The number of nitrogens with zero attached hydrogens (tertiary/aromatic N) is 1. The minimum absolute atomic E-state index is 0.290. The summed E-state index contributed by atoms with van der Waals surface area (Å²) < 4.78 is 23.3. The Bertz CT molecular complexity index is 801. The molecule has 2 N–H and O–H groups in total. The molecule has 7 heteroatoms. The lowest BCUT2D eigenvalue weighted by Crippen LogP contribution is -2.77. The van der Waals surface area contributed by atoms with Gasteiger partial charge in [-0.15, -0.1) is 0 Å².